The number of nitrogens with one attached hydrogen (secondary N) is 1. The average molecular weight is 480 g/mol. The fraction of sp³-hybridized carbons (Fsp3) is 0.0476. The van der Waals surface area contributed by atoms with E-state index in [2.05, 4.69) is 36.5 Å². The second kappa shape index (κ2) is 7.51. The van der Waals surface area contributed by atoms with Crippen molar-refractivity contribution in [3.8, 4) is 21.9 Å². The lowest BCUT2D eigenvalue weighted by atomic mass is 10.2. The molecule has 3 heterocycles. The zero-order valence-electron chi connectivity index (χ0n) is 15.7. The molecule has 0 aliphatic heterocycles. The summed E-state index contributed by atoms with van der Waals surface area (Å²) in [6, 6.07) is 18.7. The number of nitrogens with zero attached hydrogens (tertiary/aromatic N) is 4. The molecule has 5 rings (SSSR count). The standard InChI is InChI=1S/C21H14BrN5O2S/c1-12-24-25-21-27(12)26-20(30-21)14-3-2-4-16(11-14)23-19(28)18-10-9-17(29-18)13-5-7-15(22)8-6-13/h2-11H,1H3,(H,23,28). The molecule has 0 saturated carbocycles. The highest BCUT2D eigenvalue weighted by molar-refractivity contribution is 9.10. The SMILES string of the molecule is Cc1nnc2sc(-c3cccc(NC(=O)c4ccc(-c5ccc(Br)cc5)o4)c3)nn12. The summed E-state index contributed by atoms with van der Waals surface area (Å²) in [5, 5.41) is 16.3. The zero-order valence-corrected chi connectivity index (χ0v) is 18.1. The molecule has 0 aliphatic rings. The van der Waals surface area contributed by atoms with E-state index >= 15 is 0 Å². The maximum Gasteiger partial charge on any atom is 0.291 e. The number of furan rings is 1. The zero-order chi connectivity index (χ0) is 20.7. The number of hydrogen-bond donors (Lipinski definition) is 1. The number of fused-ring (bicyclic) bond motifs is 1. The van der Waals surface area contributed by atoms with Crippen LogP contribution < -0.4 is 5.32 Å². The van der Waals surface area contributed by atoms with Gasteiger partial charge in [-0.3, -0.25) is 4.79 Å². The van der Waals surface area contributed by atoms with Crippen LogP contribution in [0.2, 0.25) is 0 Å². The predicted molar refractivity (Wildman–Crippen MR) is 119 cm³/mol. The first kappa shape index (κ1) is 18.7. The van der Waals surface area contributed by atoms with Crippen LogP contribution >= 0.6 is 27.3 Å². The summed E-state index contributed by atoms with van der Waals surface area (Å²) in [7, 11) is 0. The highest BCUT2D eigenvalue weighted by Gasteiger charge is 2.14. The van der Waals surface area contributed by atoms with Gasteiger partial charge in [-0.2, -0.15) is 9.61 Å². The summed E-state index contributed by atoms with van der Waals surface area (Å²) in [4.78, 5) is 13.4. The minimum atomic E-state index is -0.315. The van der Waals surface area contributed by atoms with Crippen LogP contribution in [0, 0.1) is 6.92 Å². The number of carbonyl (C=O) groups is 1. The molecule has 5 aromatic rings. The Morgan fingerprint density at radius 2 is 1.90 bits per heavy atom. The molecular weight excluding hydrogens is 466 g/mol. The van der Waals surface area contributed by atoms with Gasteiger partial charge in [0, 0.05) is 21.3 Å². The van der Waals surface area contributed by atoms with E-state index < -0.39 is 0 Å². The highest BCUT2D eigenvalue weighted by atomic mass is 79.9. The van der Waals surface area contributed by atoms with Gasteiger partial charge in [0.25, 0.3) is 5.91 Å². The third-order valence-corrected chi connectivity index (χ3v) is 5.95. The van der Waals surface area contributed by atoms with E-state index in [0.717, 1.165) is 31.4 Å². The van der Waals surface area contributed by atoms with Gasteiger partial charge in [0.05, 0.1) is 0 Å². The number of anilines is 1. The Labute approximate surface area is 183 Å². The summed E-state index contributed by atoms with van der Waals surface area (Å²) in [6.45, 7) is 1.85. The van der Waals surface area contributed by atoms with Crippen LogP contribution in [-0.4, -0.2) is 25.7 Å². The van der Waals surface area contributed by atoms with Crippen LogP contribution in [0.15, 0.2) is 69.6 Å². The molecule has 9 heteroatoms. The van der Waals surface area contributed by atoms with Crippen LogP contribution in [0.5, 0.6) is 0 Å². The molecule has 0 fully saturated rings. The van der Waals surface area contributed by atoms with Crippen molar-refractivity contribution in [1.29, 1.82) is 0 Å². The lowest BCUT2D eigenvalue weighted by Crippen LogP contribution is -2.10. The first-order valence-corrected chi connectivity index (χ1v) is 10.6. The fourth-order valence-corrected chi connectivity index (χ4v) is 4.13. The van der Waals surface area contributed by atoms with Crippen LogP contribution in [0.3, 0.4) is 0 Å². The van der Waals surface area contributed by atoms with Crippen molar-refractivity contribution in [2.24, 2.45) is 0 Å². The molecule has 3 aromatic heterocycles. The van der Waals surface area contributed by atoms with Gasteiger partial charge in [0.15, 0.2) is 11.6 Å². The van der Waals surface area contributed by atoms with Crippen molar-refractivity contribution in [2.45, 2.75) is 6.92 Å². The minimum absolute atomic E-state index is 0.243. The lowest BCUT2D eigenvalue weighted by Gasteiger charge is -2.05. The van der Waals surface area contributed by atoms with Gasteiger partial charge in [0.2, 0.25) is 4.96 Å². The number of hydrogen-bond acceptors (Lipinski definition) is 6. The van der Waals surface area contributed by atoms with Gasteiger partial charge in [-0.1, -0.05) is 51.5 Å². The van der Waals surface area contributed by atoms with Crippen LogP contribution in [0.4, 0.5) is 5.69 Å². The van der Waals surface area contributed by atoms with Crippen molar-refractivity contribution in [3.05, 3.63) is 76.7 Å². The predicted octanol–water partition coefficient (Wildman–Crippen LogP) is 5.44. The molecule has 0 unspecified atom stereocenters. The number of halogens is 1. The number of aromatic nitrogens is 4. The Balaban J connectivity index is 1.36. The van der Waals surface area contributed by atoms with Gasteiger partial charge >= 0.3 is 0 Å². The Hall–Kier alpha value is -3.30. The molecular formula is C21H14BrN5O2S. The molecule has 0 bridgehead atoms. The van der Waals surface area contributed by atoms with E-state index in [0.29, 0.717) is 11.4 Å². The summed E-state index contributed by atoms with van der Waals surface area (Å²) in [5.41, 5.74) is 2.44. The monoisotopic (exact) mass is 479 g/mol. The van der Waals surface area contributed by atoms with E-state index in [1.54, 1.807) is 16.6 Å². The summed E-state index contributed by atoms with van der Waals surface area (Å²) >= 11 is 4.85. The molecule has 148 valence electrons. The maximum absolute atomic E-state index is 12.7. The van der Waals surface area contributed by atoms with Crippen molar-refractivity contribution in [1.82, 2.24) is 19.8 Å². The van der Waals surface area contributed by atoms with Gasteiger partial charge in [-0.05, 0) is 43.3 Å². The lowest BCUT2D eigenvalue weighted by molar-refractivity contribution is 0.0997. The fourth-order valence-electron chi connectivity index (χ4n) is 2.98. The quantitative estimate of drug-likeness (QED) is 0.371. The highest BCUT2D eigenvalue weighted by Crippen LogP contribution is 2.28. The number of carbonyl (C=O) groups excluding carboxylic acids is 1. The number of benzene rings is 2. The number of aryl methyl sites for hydroxylation is 1. The first-order valence-electron chi connectivity index (χ1n) is 9.03. The first-order chi connectivity index (χ1) is 14.6. The Morgan fingerprint density at radius 1 is 1.07 bits per heavy atom. The Kier molecular flexibility index (Phi) is 4.68. The van der Waals surface area contributed by atoms with Crippen LogP contribution in [0.1, 0.15) is 16.4 Å². The Morgan fingerprint density at radius 3 is 2.70 bits per heavy atom. The van der Waals surface area contributed by atoms with Gasteiger partial charge in [-0.15, -0.1) is 10.2 Å². The summed E-state index contributed by atoms with van der Waals surface area (Å²) in [5.74, 6) is 1.30. The smallest absolute Gasteiger partial charge is 0.291 e. The molecule has 0 spiro atoms. The topological polar surface area (TPSA) is 85.3 Å². The normalized spacial score (nSPS) is 11.1. The van der Waals surface area contributed by atoms with E-state index in [-0.39, 0.29) is 11.7 Å². The van der Waals surface area contributed by atoms with Crippen molar-refractivity contribution in [2.75, 3.05) is 5.32 Å². The van der Waals surface area contributed by atoms with E-state index in [1.807, 2.05) is 55.5 Å². The third-order valence-electron chi connectivity index (χ3n) is 4.47. The van der Waals surface area contributed by atoms with Crippen LogP contribution in [0.25, 0.3) is 26.9 Å². The van der Waals surface area contributed by atoms with Crippen LogP contribution in [-0.2, 0) is 0 Å². The van der Waals surface area contributed by atoms with Gasteiger partial charge in [-0.25, -0.2) is 0 Å². The van der Waals surface area contributed by atoms with E-state index in [9.17, 15) is 4.79 Å². The number of amides is 1. The molecule has 1 amide bonds. The average Bonchev–Trinajstić information content (AvgIpc) is 3.47. The molecule has 0 aliphatic carbocycles. The van der Waals surface area contributed by atoms with Crippen molar-refractivity contribution >= 4 is 43.8 Å². The molecule has 30 heavy (non-hydrogen) atoms. The molecule has 7 nitrogen and oxygen atoms in total. The molecule has 2 aromatic carbocycles. The summed E-state index contributed by atoms with van der Waals surface area (Å²) in [6.07, 6.45) is 0. The summed E-state index contributed by atoms with van der Waals surface area (Å²) < 4.78 is 8.43. The second-order valence-electron chi connectivity index (χ2n) is 6.55. The molecule has 0 radical (unpaired) electrons. The van der Waals surface area contributed by atoms with E-state index in [1.165, 1.54) is 11.3 Å². The largest absolute Gasteiger partial charge is 0.451 e. The van der Waals surface area contributed by atoms with Crippen molar-refractivity contribution < 1.29 is 9.21 Å². The molecule has 1 N–H and O–H groups in total. The minimum Gasteiger partial charge on any atom is -0.451 e. The van der Waals surface area contributed by atoms with E-state index in [4.69, 9.17) is 4.42 Å². The van der Waals surface area contributed by atoms with Gasteiger partial charge < -0.3 is 9.73 Å². The van der Waals surface area contributed by atoms with Crippen molar-refractivity contribution in [3.63, 3.8) is 0 Å². The Bertz CT molecular complexity index is 1370. The number of rotatable bonds is 4. The third kappa shape index (κ3) is 3.53. The van der Waals surface area contributed by atoms with Gasteiger partial charge in [0.1, 0.15) is 10.8 Å². The second-order valence-corrected chi connectivity index (χ2v) is 8.43. The maximum atomic E-state index is 12.7. The molecule has 0 atom stereocenters. The molecule has 0 saturated heterocycles.